The lowest BCUT2D eigenvalue weighted by molar-refractivity contribution is -0.397. The number of rotatable bonds is 14. The molecule has 5 heterocycles. The monoisotopic (exact) mass is 937 g/mol. The van der Waals surface area contributed by atoms with Gasteiger partial charge in [0.1, 0.15) is 11.8 Å². The maximum atomic E-state index is 14.7. The number of aliphatic hydroxyl groups excluding tert-OH is 1. The van der Waals surface area contributed by atoms with Crippen molar-refractivity contribution in [2.45, 2.75) is 205 Å². The van der Waals surface area contributed by atoms with Gasteiger partial charge in [0.25, 0.3) is 0 Å². The van der Waals surface area contributed by atoms with Crippen LogP contribution in [0.3, 0.4) is 0 Å². The predicted octanol–water partition coefficient (Wildman–Crippen LogP) is 9.04. The van der Waals surface area contributed by atoms with Crippen LogP contribution >= 0.6 is 0 Å². The molecule has 66 heavy (non-hydrogen) atoms. The smallest absolute Gasteiger partial charge is 0.416 e. The Labute approximate surface area is 388 Å². The summed E-state index contributed by atoms with van der Waals surface area (Å²) in [5.41, 5.74) is -2.92. The molecule has 2 amide bonds. The third kappa shape index (κ3) is 10.4. The molecule has 1 unspecified atom stereocenters. The SMILES string of the molecule is CC[C@@H](C(=O)[C@@H](C)[C@@H](O)[C@H](C)[C@@H]1O[C@@H]([C@@H](CC)C(=O)O)CC[C@@H]1C)[C@H]1O[C@]2(C=CC(NC(=O)Nc3cccc(C(F)(F)F)c3)[C@]3(CC[C@@](C)([C@H]4CC[C@](O)(CC)[C@H](C)O4)O3)O2)[C@H](C)C[C@@H]1C. The Morgan fingerprint density at radius 3 is 2.23 bits per heavy atom. The van der Waals surface area contributed by atoms with E-state index in [0.717, 1.165) is 18.6 Å². The van der Waals surface area contributed by atoms with E-state index in [9.17, 15) is 42.9 Å². The van der Waals surface area contributed by atoms with Crippen LogP contribution in [0.1, 0.15) is 139 Å². The summed E-state index contributed by atoms with van der Waals surface area (Å²) in [6.07, 6.45) is 0.238. The van der Waals surface area contributed by atoms with Crippen molar-refractivity contribution >= 4 is 23.5 Å². The second-order valence-corrected chi connectivity index (χ2v) is 20.6. The van der Waals surface area contributed by atoms with Crippen molar-refractivity contribution in [3.63, 3.8) is 0 Å². The van der Waals surface area contributed by atoms with Crippen LogP contribution < -0.4 is 10.6 Å². The van der Waals surface area contributed by atoms with Gasteiger partial charge in [-0.3, -0.25) is 9.59 Å². The van der Waals surface area contributed by atoms with Gasteiger partial charge in [-0.05, 0) is 108 Å². The molecule has 1 aromatic rings. The number of ether oxygens (including phenoxy) is 5. The van der Waals surface area contributed by atoms with E-state index in [1.54, 1.807) is 19.1 Å². The minimum atomic E-state index is -4.61. The molecule has 18 atom stereocenters. The summed E-state index contributed by atoms with van der Waals surface area (Å²) in [7, 11) is 0. The zero-order chi connectivity index (χ0) is 48.7. The molecule has 0 bridgehead atoms. The van der Waals surface area contributed by atoms with Crippen molar-refractivity contribution < 1.29 is 66.6 Å². The Hall–Kier alpha value is -3.12. The fraction of sp³-hybridized carbons (Fsp3) is 0.780. The molecular formula is C50H75F3N2O11. The summed E-state index contributed by atoms with van der Waals surface area (Å²) in [5, 5.41) is 38.4. The number of carboxylic acid groups (broad SMARTS) is 1. The summed E-state index contributed by atoms with van der Waals surface area (Å²) in [5.74, 6) is -7.02. The first kappa shape index (κ1) is 52.3. The molecule has 0 aliphatic carbocycles. The minimum absolute atomic E-state index is 0.0457. The van der Waals surface area contributed by atoms with E-state index in [-0.39, 0.29) is 35.6 Å². The van der Waals surface area contributed by atoms with Gasteiger partial charge in [-0.25, -0.2) is 4.79 Å². The number of carbonyl (C=O) groups excluding carboxylic acids is 2. The highest BCUT2D eigenvalue weighted by Gasteiger charge is 2.63. The van der Waals surface area contributed by atoms with E-state index in [1.165, 1.54) is 12.1 Å². The molecule has 1 aromatic carbocycles. The maximum Gasteiger partial charge on any atom is 0.416 e. The Bertz CT molecular complexity index is 1920. The fourth-order valence-corrected chi connectivity index (χ4v) is 11.7. The molecule has 5 aliphatic rings. The molecular weight excluding hydrogens is 862 g/mol. The van der Waals surface area contributed by atoms with E-state index in [4.69, 9.17) is 23.7 Å². The van der Waals surface area contributed by atoms with Crippen molar-refractivity contribution in [2.75, 3.05) is 5.32 Å². The van der Waals surface area contributed by atoms with Crippen LogP contribution in [0.5, 0.6) is 0 Å². The molecule has 5 aliphatic heterocycles. The number of aliphatic hydroxyl groups is 2. The van der Waals surface area contributed by atoms with Gasteiger partial charge >= 0.3 is 18.2 Å². The highest BCUT2D eigenvalue weighted by atomic mass is 19.4. The molecule has 0 radical (unpaired) electrons. The largest absolute Gasteiger partial charge is 0.481 e. The molecule has 372 valence electrons. The lowest BCUT2D eigenvalue weighted by Crippen LogP contribution is -2.66. The number of halogens is 3. The predicted molar refractivity (Wildman–Crippen MR) is 240 cm³/mol. The number of ketones is 1. The van der Waals surface area contributed by atoms with Gasteiger partial charge in [-0.2, -0.15) is 13.2 Å². The maximum absolute atomic E-state index is 14.7. The average Bonchev–Trinajstić information content (AvgIpc) is 3.61. The first-order valence-corrected chi connectivity index (χ1v) is 24.4. The number of nitrogens with one attached hydrogen (secondary N) is 2. The molecule has 0 aromatic heterocycles. The number of hydrogen-bond acceptors (Lipinski definition) is 10. The number of anilines is 1. The van der Waals surface area contributed by atoms with Crippen LogP contribution in [0.2, 0.25) is 0 Å². The third-order valence-corrected chi connectivity index (χ3v) is 16.2. The number of carbonyl (C=O) groups is 3. The number of amides is 2. The Morgan fingerprint density at radius 1 is 0.909 bits per heavy atom. The van der Waals surface area contributed by atoms with E-state index >= 15 is 0 Å². The second kappa shape index (κ2) is 20.1. The van der Waals surface area contributed by atoms with E-state index in [1.807, 2.05) is 62.3 Å². The molecule has 0 saturated carbocycles. The van der Waals surface area contributed by atoms with E-state index in [0.29, 0.717) is 51.4 Å². The topological polar surface area (TPSA) is 182 Å². The zero-order valence-corrected chi connectivity index (χ0v) is 40.4. The first-order chi connectivity index (χ1) is 30.9. The van der Waals surface area contributed by atoms with Gasteiger partial charge in [0.05, 0.1) is 59.3 Å². The summed E-state index contributed by atoms with van der Waals surface area (Å²) in [6.45, 7) is 19.1. The molecule has 2 spiro atoms. The number of aliphatic carboxylic acids is 1. The number of carboxylic acids is 1. The van der Waals surface area contributed by atoms with Gasteiger partial charge in [0, 0.05) is 35.8 Å². The number of hydrogen-bond donors (Lipinski definition) is 5. The van der Waals surface area contributed by atoms with E-state index < -0.39 is 113 Å². The number of alkyl halides is 3. The number of benzene rings is 1. The molecule has 4 saturated heterocycles. The van der Waals surface area contributed by atoms with Crippen LogP contribution in [0, 0.1) is 41.4 Å². The van der Waals surface area contributed by atoms with Crippen LogP contribution in [-0.2, 0) is 39.4 Å². The number of urea groups is 1. The van der Waals surface area contributed by atoms with E-state index in [2.05, 4.69) is 10.6 Å². The highest BCUT2D eigenvalue weighted by molar-refractivity contribution is 5.89. The van der Waals surface area contributed by atoms with Gasteiger partial charge in [-0.15, -0.1) is 0 Å². The zero-order valence-electron chi connectivity index (χ0n) is 40.4. The third-order valence-electron chi connectivity index (χ3n) is 16.2. The normalized spacial score (nSPS) is 39.5. The second-order valence-electron chi connectivity index (χ2n) is 20.6. The van der Waals surface area contributed by atoms with Crippen LogP contribution in [0.25, 0.3) is 0 Å². The molecule has 13 nitrogen and oxygen atoms in total. The van der Waals surface area contributed by atoms with Gasteiger partial charge < -0.3 is 49.6 Å². The minimum Gasteiger partial charge on any atom is -0.481 e. The standard InChI is InChI=1S/C50H75F3N2O11/c1-11-35(44(58)59)37-18-17-27(4)42(63-37)31(8)40(56)30(7)41(57)36(12-2)43-28(5)25-29(6)48(64-43)22-19-38(55-45(60)54-34-16-14-15-33(26-34)50(51,52)53)49(66-48)24-23-46(10,65-49)39-20-21-47(61,13-3)32(9)62-39/h14-16,19,22,26-32,35-40,42-43,56,61H,11-13,17-18,20-21,23-25H2,1-10H3,(H,58,59)(H2,54,55,60)/t27-,28-,29+,30-,31-,32-,35+,36-,37+,38?,39+,40+,42+,43-,46-,47+,48-,49-/m0/s1. The summed E-state index contributed by atoms with van der Waals surface area (Å²) < 4.78 is 74.9. The molecule has 4 fully saturated rings. The van der Waals surface area contributed by atoms with Gasteiger partial charge in [-0.1, -0.05) is 67.5 Å². The summed E-state index contributed by atoms with van der Waals surface area (Å²) in [4.78, 5) is 40.4. The first-order valence-electron chi connectivity index (χ1n) is 24.4. The molecule has 5 N–H and O–H groups in total. The van der Waals surface area contributed by atoms with Crippen LogP contribution in [0.4, 0.5) is 23.7 Å². The lowest BCUT2D eigenvalue weighted by atomic mass is 9.72. The number of Topliss-reactive ketones (excluding diaryl/α,β-unsaturated/α-hetero) is 1. The Kier molecular flexibility index (Phi) is 15.9. The van der Waals surface area contributed by atoms with Crippen molar-refractivity contribution in [1.29, 1.82) is 0 Å². The molecule has 6 rings (SSSR count). The average molecular weight is 937 g/mol. The van der Waals surface area contributed by atoms with Crippen molar-refractivity contribution in [1.82, 2.24) is 5.32 Å². The Balaban J connectivity index is 1.26. The molecule has 16 heteroatoms. The lowest BCUT2D eigenvalue weighted by Gasteiger charge is -2.55. The van der Waals surface area contributed by atoms with Crippen molar-refractivity contribution in [3.05, 3.63) is 42.0 Å². The van der Waals surface area contributed by atoms with Gasteiger partial charge in [0.2, 0.25) is 0 Å². The van der Waals surface area contributed by atoms with Crippen LogP contribution in [0.15, 0.2) is 36.4 Å². The summed E-state index contributed by atoms with van der Waals surface area (Å²) in [6, 6.07) is 2.62. The van der Waals surface area contributed by atoms with Crippen LogP contribution in [-0.4, -0.2) is 98.5 Å². The van der Waals surface area contributed by atoms with Gasteiger partial charge in [0.15, 0.2) is 11.6 Å². The Morgan fingerprint density at radius 2 is 1.61 bits per heavy atom. The fourth-order valence-electron chi connectivity index (χ4n) is 11.7. The highest BCUT2D eigenvalue weighted by Crippen LogP contribution is 2.54. The summed E-state index contributed by atoms with van der Waals surface area (Å²) >= 11 is 0. The van der Waals surface area contributed by atoms with Crippen molar-refractivity contribution in [3.8, 4) is 0 Å². The quantitative estimate of drug-likeness (QED) is 0.112. The van der Waals surface area contributed by atoms with Crippen molar-refractivity contribution in [2.24, 2.45) is 41.4 Å².